The minimum absolute atomic E-state index is 0. The van der Waals surface area contributed by atoms with E-state index in [0.29, 0.717) is 19.1 Å². The summed E-state index contributed by atoms with van der Waals surface area (Å²) in [4.78, 5) is 17.8. The zero-order valence-electron chi connectivity index (χ0n) is 15.0. The van der Waals surface area contributed by atoms with Crippen molar-refractivity contribution in [1.29, 1.82) is 0 Å². The van der Waals surface area contributed by atoms with Gasteiger partial charge in [0.1, 0.15) is 6.10 Å². The topological polar surface area (TPSA) is 88.7 Å². The van der Waals surface area contributed by atoms with Crippen LogP contribution in [0.3, 0.4) is 0 Å². The van der Waals surface area contributed by atoms with Crippen molar-refractivity contribution >= 4 is 52.9 Å². The molecule has 1 aromatic carbocycles. The van der Waals surface area contributed by atoms with Gasteiger partial charge in [-0.25, -0.2) is 4.99 Å². The average molecular weight is 500 g/mol. The minimum Gasteiger partial charge on any atom is -0.370 e. The van der Waals surface area contributed by atoms with E-state index in [1.807, 2.05) is 30.3 Å². The first-order valence-corrected chi connectivity index (χ1v) is 9.66. The Morgan fingerprint density at radius 1 is 1.33 bits per heavy atom. The molecule has 1 saturated heterocycles. The number of thiophene rings is 1. The molecule has 27 heavy (non-hydrogen) atoms. The molecule has 1 amide bonds. The van der Waals surface area contributed by atoms with Crippen LogP contribution in [0.5, 0.6) is 0 Å². The number of anilines is 1. The molecule has 2 heterocycles. The monoisotopic (exact) mass is 500 g/mol. The van der Waals surface area contributed by atoms with E-state index in [1.54, 1.807) is 11.3 Å². The maximum absolute atomic E-state index is 12.1. The second kappa shape index (κ2) is 11.3. The van der Waals surface area contributed by atoms with Gasteiger partial charge < -0.3 is 21.1 Å². The highest BCUT2D eigenvalue weighted by Gasteiger charge is 2.23. The number of hydrogen-bond donors (Lipinski definition) is 3. The summed E-state index contributed by atoms with van der Waals surface area (Å²) >= 11 is 1.74. The van der Waals surface area contributed by atoms with Gasteiger partial charge in [-0.15, -0.1) is 35.3 Å². The van der Waals surface area contributed by atoms with Gasteiger partial charge in [0.2, 0.25) is 0 Å². The van der Waals surface area contributed by atoms with E-state index in [2.05, 4.69) is 27.1 Å². The molecule has 1 aliphatic rings. The van der Waals surface area contributed by atoms with Crippen LogP contribution in [-0.4, -0.2) is 31.1 Å². The fourth-order valence-corrected chi connectivity index (χ4v) is 3.46. The fourth-order valence-electron chi connectivity index (χ4n) is 2.76. The third-order valence-corrected chi connectivity index (χ3v) is 5.04. The SMILES string of the molecule is I.NC(=NCc1cccc(NC(=O)C2CCCO2)c1)NCCc1cccs1. The fraction of sp³-hybridized carbons (Fsp3) is 0.368. The van der Waals surface area contributed by atoms with Crippen molar-refractivity contribution in [1.82, 2.24) is 5.32 Å². The molecule has 0 radical (unpaired) electrons. The van der Waals surface area contributed by atoms with Gasteiger partial charge in [-0.05, 0) is 48.4 Å². The Morgan fingerprint density at radius 2 is 2.22 bits per heavy atom. The molecule has 0 aliphatic carbocycles. The number of halogens is 1. The summed E-state index contributed by atoms with van der Waals surface area (Å²) in [5, 5.41) is 8.09. The van der Waals surface area contributed by atoms with Crippen LogP contribution in [-0.2, 0) is 22.5 Å². The number of aliphatic imine (C=N–C) groups is 1. The largest absolute Gasteiger partial charge is 0.370 e. The van der Waals surface area contributed by atoms with E-state index in [4.69, 9.17) is 10.5 Å². The lowest BCUT2D eigenvalue weighted by Gasteiger charge is -2.11. The Kier molecular flexibility index (Phi) is 9.02. The summed E-state index contributed by atoms with van der Waals surface area (Å²) in [7, 11) is 0. The first kappa shape index (κ1) is 21.6. The number of carbonyl (C=O) groups excluding carboxylic acids is 1. The number of nitrogens with zero attached hydrogens (tertiary/aromatic N) is 1. The highest BCUT2D eigenvalue weighted by Crippen LogP contribution is 2.16. The predicted molar refractivity (Wildman–Crippen MR) is 121 cm³/mol. The van der Waals surface area contributed by atoms with Crippen molar-refractivity contribution in [2.75, 3.05) is 18.5 Å². The number of ether oxygens (including phenoxy) is 1. The zero-order valence-corrected chi connectivity index (χ0v) is 18.2. The molecule has 0 saturated carbocycles. The van der Waals surface area contributed by atoms with Crippen molar-refractivity contribution < 1.29 is 9.53 Å². The number of nitrogens with two attached hydrogens (primary N) is 1. The summed E-state index contributed by atoms with van der Waals surface area (Å²) in [6.07, 6.45) is 2.31. The molecule has 4 N–H and O–H groups in total. The van der Waals surface area contributed by atoms with Gasteiger partial charge in [-0.2, -0.15) is 0 Å². The highest BCUT2D eigenvalue weighted by atomic mass is 127. The maximum atomic E-state index is 12.1. The molecule has 8 heteroatoms. The van der Waals surface area contributed by atoms with Crippen molar-refractivity contribution in [3.8, 4) is 0 Å². The smallest absolute Gasteiger partial charge is 0.253 e. The van der Waals surface area contributed by atoms with Crippen LogP contribution in [0.1, 0.15) is 23.3 Å². The first-order chi connectivity index (χ1) is 12.7. The first-order valence-electron chi connectivity index (χ1n) is 8.78. The van der Waals surface area contributed by atoms with Crippen molar-refractivity contribution in [2.45, 2.75) is 31.9 Å². The molecule has 1 aromatic heterocycles. The van der Waals surface area contributed by atoms with E-state index in [-0.39, 0.29) is 36.0 Å². The van der Waals surface area contributed by atoms with Crippen LogP contribution < -0.4 is 16.4 Å². The minimum atomic E-state index is -0.333. The van der Waals surface area contributed by atoms with Crippen LogP contribution in [0.15, 0.2) is 46.8 Å². The number of amides is 1. The van der Waals surface area contributed by atoms with E-state index in [0.717, 1.165) is 37.1 Å². The van der Waals surface area contributed by atoms with Gasteiger partial charge in [-0.3, -0.25) is 4.79 Å². The molecule has 0 spiro atoms. The Hall–Kier alpha value is -1.65. The average Bonchev–Trinajstić information content (AvgIpc) is 3.34. The molecule has 1 atom stereocenters. The molecule has 2 aromatic rings. The van der Waals surface area contributed by atoms with Crippen molar-refractivity contribution in [2.24, 2.45) is 10.7 Å². The van der Waals surface area contributed by atoms with Gasteiger partial charge >= 0.3 is 0 Å². The molecular formula is C19H25IN4O2S. The molecule has 6 nitrogen and oxygen atoms in total. The number of hydrogen-bond acceptors (Lipinski definition) is 4. The molecule has 0 bridgehead atoms. The number of guanidine groups is 1. The summed E-state index contributed by atoms with van der Waals surface area (Å²) < 4.78 is 5.40. The van der Waals surface area contributed by atoms with E-state index < -0.39 is 0 Å². The van der Waals surface area contributed by atoms with Gasteiger partial charge in [0.25, 0.3) is 5.91 Å². The third-order valence-electron chi connectivity index (χ3n) is 4.11. The van der Waals surface area contributed by atoms with Gasteiger partial charge in [0.15, 0.2) is 5.96 Å². The lowest BCUT2D eigenvalue weighted by Crippen LogP contribution is -2.33. The van der Waals surface area contributed by atoms with Crippen molar-refractivity contribution in [3.63, 3.8) is 0 Å². The Bertz CT molecular complexity index is 746. The van der Waals surface area contributed by atoms with Gasteiger partial charge in [0, 0.05) is 23.7 Å². The van der Waals surface area contributed by atoms with Gasteiger partial charge in [0.05, 0.1) is 6.54 Å². The molecule has 3 rings (SSSR count). The molecule has 1 unspecified atom stereocenters. The van der Waals surface area contributed by atoms with Crippen molar-refractivity contribution in [3.05, 3.63) is 52.2 Å². The third kappa shape index (κ3) is 7.11. The van der Waals surface area contributed by atoms with Crippen LogP contribution in [0, 0.1) is 0 Å². The number of benzene rings is 1. The lowest BCUT2D eigenvalue weighted by atomic mass is 10.2. The van der Waals surface area contributed by atoms with Crippen LogP contribution in [0.2, 0.25) is 0 Å². The summed E-state index contributed by atoms with van der Waals surface area (Å²) in [5.41, 5.74) is 7.66. The van der Waals surface area contributed by atoms with E-state index >= 15 is 0 Å². The Balaban J connectivity index is 0.00000261. The second-order valence-corrected chi connectivity index (χ2v) is 7.18. The maximum Gasteiger partial charge on any atom is 0.253 e. The summed E-state index contributed by atoms with van der Waals surface area (Å²) in [6, 6.07) is 11.8. The van der Waals surface area contributed by atoms with E-state index in [1.165, 1.54) is 4.88 Å². The standard InChI is InChI=1S/C19H24N4O2S.HI/c20-19(21-9-8-16-6-3-11-26-16)22-13-14-4-1-5-15(12-14)23-18(24)17-7-2-10-25-17;/h1,3-6,11-12,17H,2,7-10,13H2,(H,23,24)(H3,20,21,22);1H. The Morgan fingerprint density at radius 3 is 2.96 bits per heavy atom. The number of carbonyl (C=O) groups is 1. The quantitative estimate of drug-likeness (QED) is 0.310. The normalized spacial score (nSPS) is 16.6. The molecule has 146 valence electrons. The molecule has 1 fully saturated rings. The molecular weight excluding hydrogens is 475 g/mol. The van der Waals surface area contributed by atoms with Crippen LogP contribution in [0.4, 0.5) is 5.69 Å². The van der Waals surface area contributed by atoms with Crippen LogP contribution in [0.25, 0.3) is 0 Å². The molecule has 1 aliphatic heterocycles. The predicted octanol–water partition coefficient (Wildman–Crippen LogP) is 3.13. The van der Waals surface area contributed by atoms with Crippen LogP contribution >= 0.6 is 35.3 Å². The van der Waals surface area contributed by atoms with E-state index in [9.17, 15) is 4.79 Å². The second-order valence-electron chi connectivity index (χ2n) is 6.15. The summed E-state index contributed by atoms with van der Waals surface area (Å²) in [5.74, 6) is 0.341. The lowest BCUT2D eigenvalue weighted by molar-refractivity contribution is -0.124. The highest BCUT2D eigenvalue weighted by molar-refractivity contribution is 14.0. The number of nitrogens with one attached hydrogen (secondary N) is 2. The number of rotatable bonds is 7. The zero-order chi connectivity index (χ0) is 18.2. The van der Waals surface area contributed by atoms with Gasteiger partial charge in [-0.1, -0.05) is 18.2 Å². The summed E-state index contributed by atoms with van der Waals surface area (Å²) in [6.45, 7) is 1.88. The Labute approximate surface area is 180 Å².